The van der Waals surface area contributed by atoms with E-state index in [2.05, 4.69) is 39.4 Å². The molecule has 2 aromatic rings. The molecule has 2 rings (SSSR count). The smallest absolute Gasteiger partial charge is 0.0406 e. The Morgan fingerprint density at radius 3 is 2.50 bits per heavy atom. The molecule has 0 saturated carbocycles. The molecule has 0 radical (unpaired) electrons. The minimum absolute atomic E-state index is 0.766. The van der Waals surface area contributed by atoms with Crippen molar-refractivity contribution in [3.05, 3.63) is 57.5 Å². The van der Waals surface area contributed by atoms with Crippen LogP contribution in [0, 0.1) is 0 Å². The highest BCUT2D eigenvalue weighted by Crippen LogP contribution is 2.34. The minimum atomic E-state index is 0.766. The third-order valence-electron chi connectivity index (χ3n) is 2.42. The lowest BCUT2D eigenvalue weighted by Crippen LogP contribution is -2.04. The molecule has 0 aliphatic rings. The summed E-state index contributed by atoms with van der Waals surface area (Å²) in [4.78, 5) is 2.39. The standard InChI is InChI=1S/C14H13BrClNS/c1-17-9-10-2-7-14(13(15)8-10)18-12-5-3-11(16)4-6-12/h2-8,17H,9H2,1H3. The summed E-state index contributed by atoms with van der Waals surface area (Å²) in [6.45, 7) is 0.879. The zero-order valence-electron chi connectivity index (χ0n) is 9.91. The van der Waals surface area contributed by atoms with Crippen LogP contribution in [0.2, 0.25) is 5.02 Å². The van der Waals surface area contributed by atoms with E-state index in [1.807, 2.05) is 31.3 Å². The van der Waals surface area contributed by atoms with E-state index in [-0.39, 0.29) is 0 Å². The van der Waals surface area contributed by atoms with Crippen molar-refractivity contribution in [2.24, 2.45) is 0 Å². The van der Waals surface area contributed by atoms with Crippen LogP contribution in [0.25, 0.3) is 0 Å². The van der Waals surface area contributed by atoms with Gasteiger partial charge in [-0.3, -0.25) is 0 Å². The van der Waals surface area contributed by atoms with Gasteiger partial charge in [-0.2, -0.15) is 0 Å². The highest BCUT2D eigenvalue weighted by atomic mass is 79.9. The second kappa shape index (κ2) is 6.62. The summed E-state index contributed by atoms with van der Waals surface area (Å²) in [5, 5.41) is 3.91. The second-order valence-corrected chi connectivity index (χ2v) is 6.26. The van der Waals surface area contributed by atoms with Crippen LogP contribution in [-0.4, -0.2) is 7.05 Å². The van der Waals surface area contributed by atoms with Crippen LogP contribution in [0.15, 0.2) is 56.7 Å². The molecule has 0 heterocycles. The van der Waals surface area contributed by atoms with Gasteiger partial charge < -0.3 is 5.32 Å². The summed E-state index contributed by atoms with van der Waals surface area (Å²) in [5.74, 6) is 0. The van der Waals surface area contributed by atoms with Crippen molar-refractivity contribution in [1.82, 2.24) is 5.32 Å². The molecule has 0 atom stereocenters. The van der Waals surface area contributed by atoms with Crippen LogP contribution in [0.3, 0.4) is 0 Å². The molecular weight excluding hydrogens is 330 g/mol. The van der Waals surface area contributed by atoms with Gasteiger partial charge in [-0.1, -0.05) is 29.4 Å². The van der Waals surface area contributed by atoms with E-state index < -0.39 is 0 Å². The third-order valence-corrected chi connectivity index (χ3v) is 4.67. The number of hydrogen-bond donors (Lipinski definition) is 1. The normalized spacial score (nSPS) is 10.6. The third kappa shape index (κ3) is 3.75. The van der Waals surface area contributed by atoms with E-state index in [0.717, 1.165) is 16.0 Å². The van der Waals surface area contributed by atoms with Crippen LogP contribution >= 0.6 is 39.3 Å². The Kier molecular flexibility index (Phi) is 5.13. The molecule has 0 spiro atoms. The van der Waals surface area contributed by atoms with E-state index in [0.29, 0.717) is 0 Å². The molecular formula is C14H13BrClNS. The summed E-state index contributed by atoms with van der Waals surface area (Å²) >= 11 is 11.2. The van der Waals surface area contributed by atoms with E-state index >= 15 is 0 Å². The maximum Gasteiger partial charge on any atom is 0.0406 e. The minimum Gasteiger partial charge on any atom is -0.316 e. The lowest BCUT2D eigenvalue weighted by molar-refractivity contribution is 0.816. The molecule has 4 heteroatoms. The van der Waals surface area contributed by atoms with Crippen molar-refractivity contribution in [2.75, 3.05) is 7.05 Å². The van der Waals surface area contributed by atoms with Gasteiger partial charge in [0.1, 0.15) is 0 Å². The lowest BCUT2D eigenvalue weighted by Gasteiger charge is -2.07. The molecule has 0 saturated heterocycles. The molecule has 0 aliphatic heterocycles. The first kappa shape index (κ1) is 13.9. The Morgan fingerprint density at radius 1 is 1.17 bits per heavy atom. The summed E-state index contributed by atoms with van der Waals surface area (Å²) < 4.78 is 1.12. The van der Waals surface area contributed by atoms with Crippen LogP contribution in [0.4, 0.5) is 0 Å². The summed E-state index contributed by atoms with van der Waals surface area (Å²) in [6.07, 6.45) is 0. The maximum absolute atomic E-state index is 5.88. The van der Waals surface area contributed by atoms with Crippen molar-refractivity contribution in [3.8, 4) is 0 Å². The fraction of sp³-hybridized carbons (Fsp3) is 0.143. The van der Waals surface area contributed by atoms with E-state index in [9.17, 15) is 0 Å². The zero-order chi connectivity index (χ0) is 13.0. The fourth-order valence-corrected chi connectivity index (χ4v) is 3.18. The molecule has 0 aromatic heterocycles. The second-order valence-electron chi connectivity index (χ2n) is 3.85. The highest BCUT2D eigenvalue weighted by Gasteiger charge is 2.03. The predicted molar refractivity (Wildman–Crippen MR) is 82.5 cm³/mol. The molecule has 18 heavy (non-hydrogen) atoms. The van der Waals surface area contributed by atoms with Gasteiger partial charge in [0.2, 0.25) is 0 Å². The van der Waals surface area contributed by atoms with Crippen molar-refractivity contribution in [1.29, 1.82) is 0 Å². The molecule has 0 bridgehead atoms. The average molecular weight is 343 g/mol. The van der Waals surface area contributed by atoms with E-state index in [1.54, 1.807) is 11.8 Å². The van der Waals surface area contributed by atoms with Gasteiger partial charge in [-0.15, -0.1) is 0 Å². The number of hydrogen-bond acceptors (Lipinski definition) is 2. The van der Waals surface area contributed by atoms with Crippen molar-refractivity contribution >= 4 is 39.3 Å². The Hall–Kier alpha value is -0.480. The Bertz CT molecular complexity index is 528. The molecule has 0 amide bonds. The molecule has 94 valence electrons. The first-order chi connectivity index (χ1) is 8.69. The molecule has 1 N–H and O–H groups in total. The first-order valence-corrected chi connectivity index (χ1v) is 7.54. The van der Waals surface area contributed by atoms with Gasteiger partial charge in [0, 0.05) is 25.8 Å². The molecule has 0 fully saturated rings. The van der Waals surface area contributed by atoms with Crippen LogP contribution in [-0.2, 0) is 6.54 Å². The predicted octanol–water partition coefficient (Wildman–Crippen LogP) is 4.97. The highest BCUT2D eigenvalue weighted by molar-refractivity contribution is 9.10. The topological polar surface area (TPSA) is 12.0 Å². The van der Waals surface area contributed by atoms with Gasteiger partial charge in [0.05, 0.1) is 0 Å². The monoisotopic (exact) mass is 341 g/mol. The van der Waals surface area contributed by atoms with Crippen molar-refractivity contribution in [3.63, 3.8) is 0 Å². The van der Waals surface area contributed by atoms with Gasteiger partial charge in [-0.05, 0) is 64.9 Å². The summed E-state index contributed by atoms with van der Waals surface area (Å²) in [6, 6.07) is 14.3. The van der Waals surface area contributed by atoms with Gasteiger partial charge in [0.15, 0.2) is 0 Å². The molecule has 1 nitrogen and oxygen atoms in total. The SMILES string of the molecule is CNCc1ccc(Sc2ccc(Cl)cc2)c(Br)c1. The Labute approximate surface area is 125 Å². The molecule has 2 aromatic carbocycles. The quantitative estimate of drug-likeness (QED) is 0.841. The van der Waals surface area contributed by atoms with Crippen LogP contribution in [0.1, 0.15) is 5.56 Å². The molecule has 0 aliphatic carbocycles. The Balaban J connectivity index is 2.16. The summed E-state index contributed by atoms with van der Waals surface area (Å²) in [7, 11) is 1.95. The van der Waals surface area contributed by atoms with Gasteiger partial charge in [-0.25, -0.2) is 0 Å². The lowest BCUT2D eigenvalue weighted by atomic mass is 10.2. The van der Waals surface area contributed by atoms with Crippen molar-refractivity contribution < 1.29 is 0 Å². The number of rotatable bonds is 4. The van der Waals surface area contributed by atoms with Gasteiger partial charge in [0.25, 0.3) is 0 Å². The zero-order valence-corrected chi connectivity index (χ0v) is 13.1. The van der Waals surface area contributed by atoms with Gasteiger partial charge >= 0.3 is 0 Å². The van der Waals surface area contributed by atoms with Crippen molar-refractivity contribution in [2.45, 2.75) is 16.3 Å². The summed E-state index contributed by atoms with van der Waals surface area (Å²) in [5.41, 5.74) is 1.27. The van der Waals surface area contributed by atoms with E-state index in [4.69, 9.17) is 11.6 Å². The fourth-order valence-electron chi connectivity index (χ4n) is 1.57. The van der Waals surface area contributed by atoms with Crippen LogP contribution in [0.5, 0.6) is 0 Å². The molecule has 0 unspecified atom stereocenters. The van der Waals surface area contributed by atoms with Crippen LogP contribution < -0.4 is 5.32 Å². The largest absolute Gasteiger partial charge is 0.316 e. The number of nitrogens with one attached hydrogen (secondary N) is 1. The number of halogens is 2. The maximum atomic E-state index is 5.88. The Morgan fingerprint density at radius 2 is 1.89 bits per heavy atom. The number of benzene rings is 2. The average Bonchev–Trinajstić information content (AvgIpc) is 2.36. The first-order valence-electron chi connectivity index (χ1n) is 5.55. The van der Waals surface area contributed by atoms with E-state index in [1.165, 1.54) is 15.4 Å².